The van der Waals surface area contributed by atoms with Gasteiger partial charge in [0, 0.05) is 12.8 Å². The van der Waals surface area contributed by atoms with E-state index in [0.717, 1.165) is 12.5 Å². The molecule has 0 bridgehead atoms. The first kappa shape index (κ1) is 9.83. The second-order valence-corrected chi connectivity index (χ2v) is 5.14. The lowest BCUT2D eigenvalue weighted by atomic mass is 10.1. The van der Waals surface area contributed by atoms with Crippen molar-refractivity contribution in [3.05, 3.63) is 6.33 Å². The lowest BCUT2D eigenvalue weighted by molar-refractivity contribution is 0.435. The van der Waals surface area contributed by atoms with Gasteiger partial charge in [0.1, 0.15) is 6.33 Å². The molecule has 0 N–H and O–H groups in total. The van der Waals surface area contributed by atoms with E-state index in [1.54, 1.807) is 12.6 Å². The summed E-state index contributed by atoms with van der Waals surface area (Å²) in [4.78, 5) is 0. The lowest BCUT2D eigenvalue weighted by Gasteiger charge is -2.10. The van der Waals surface area contributed by atoms with Crippen LogP contribution in [0.5, 0.6) is 0 Å². The summed E-state index contributed by atoms with van der Waals surface area (Å²) in [6.07, 6.45) is 8.57. The maximum atomic E-state index is 11.3. The van der Waals surface area contributed by atoms with Gasteiger partial charge in [-0.3, -0.25) is 4.21 Å². The van der Waals surface area contributed by atoms with Crippen molar-refractivity contribution in [3.63, 3.8) is 0 Å². The van der Waals surface area contributed by atoms with Gasteiger partial charge in [0.15, 0.2) is 0 Å². The molecule has 1 aromatic heterocycles. The molecule has 1 fully saturated rings. The third kappa shape index (κ3) is 2.03. The van der Waals surface area contributed by atoms with Gasteiger partial charge in [-0.25, -0.2) is 0 Å². The summed E-state index contributed by atoms with van der Waals surface area (Å²) >= 11 is 0. The molecule has 0 spiro atoms. The quantitative estimate of drug-likeness (QED) is 0.758. The molecule has 0 amide bonds. The van der Waals surface area contributed by atoms with Gasteiger partial charge in [-0.15, -0.1) is 10.2 Å². The van der Waals surface area contributed by atoms with Gasteiger partial charge >= 0.3 is 0 Å². The highest BCUT2D eigenvalue weighted by Gasteiger charge is 2.17. The first-order valence-corrected chi connectivity index (χ1v) is 6.54. The Kier molecular flexibility index (Phi) is 2.96. The van der Waals surface area contributed by atoms with Crippen LogP contribution in [-0.2, 0) is 17.3 Å². The molecule has 0 aliphatic heterocycles. The van der Waals surface area contributed by atoms with Crippen molar-refractivity contribution in [3.8, 4) is 0 Å². The van der Waals surface area contributed by atoms with Crippen LogP contribution in [0.1, 0.15) is 25.7 Å². The summed E-state index contributed by atoms with van der Waals surface area (Å²) < 4.78 is 13.2. The molecule has 1 aromatic rings. The maximum absolute atomic E-state index is 11.3. The number of hydrogen-bond acceptors (Lipinski definition) is 3. The molecule has 1 aliphatic carbocycles. The predicted octanol–water partition coefficient (Wildman–Crippen LogP) is 1.21. The smallest absolute Gasteiger partial charge is 0.221 e. The van der Waals surface area contributed by atoms with E-state index in [1.165, 1.54) is 25.7 Å². The van der Waals surface area contributed by atoms with Crippen LogP contribution in [0.2, 0.25) is 0 Å². The highest BCUT2D eigenvalue weighted by molar-refractivity contribution is 7.84. The van der Waals surface area contributed by atoms with Crippen molar-refractivity contribution < 1.29 is 4.21 Å². The van der Waals surface area contributed by atoms with Crippen molar-refractivity contribution in [1.82, 2.24) is 14.8 Å². The second-order valence-electron chi connectivity index (χ2n) is 3.87. The van der Waals surface area contributed by atoms with Crippen molar-refractivity contribution in [2.45, 2.75) is 37.4 Å². The molecular weight excluding hydrogens is 198 g/mol. The molecule has 1 aliphatic rings. The van der Waals surface area contributed by atoms with Gasteiger partial charge in [0.25, 0.3) is 0 Å². The Balaban J connectivity index is 2.07. The molecule has 4 nitrogen and oxygen atoms in total. The molecule has 1 heterocycles. The Bertz CT molecular complexity index is 331. The van der Waals surface area contributed by atoms with Crippen LogP contribution in [0.15, 0.2) is 11.5 Å². The van der Waals surface area contributed by atoms with E-state index < -0.39 is 10.8 Å². The Hall–Kier alpha value is -0.710. The number of nitrogens with zero attached hydrogens (tertiary/aromatic N) is 3. The van der Waals surface area contributed by atoms with E-state index in [0.29, 0.717) is 5.16 Å². The van der Waals surface area contributed by atoms with Crippen molar-refractivity contribution in [1.29, 1.82) is 0 Å². The first-order chi connectivity index (χ1) is 6.77. The SMILES string of the molecule is CS(=O)c1nncn1CC1CCCC1. The predicted molar refractivity (Wildman–Crippen MR) is 54.3 cm³/mol. The van der Waals surface area contributed by atoms with Crippen LogP contribution in [-0.4, -0.2) is 25.2 Å². The average Bonchev–Trinajstić information content (AvgIpc) is 2.75. The molecule has 0 aromatic carbocycles. The van der Waals surface area contributed by atoms with E-state index in [1.807, 2.05) is 4.57 Å². The van der Waals surface area contributed by atoms with E-state index in [9.17, 15) is 4.21 Å². The molecule has 14 heavy (non-hydrogen) atoms. The fourth-order valence-electron chi connectivity index (χ4n) is 2.06. The Morgan fingerprint density at radius 1 is 1.57 bits per heavy atom. The van der Waals surface area contributed by atoms with E-state index in [2.05, 4.69) is 10.2 Å². The summed E-state index contributed by atoms with van der Waals surface area (Å²) in [6.45, 7) is 0.932. The molecule has 0 radical (unpaired) electrons. The minimum atomic E-state index is -1.02. The summed E-state index contributed by atoms with van der Waals surface area (Å²) in [5, 5.41) is 8.28. The largest absolute Gasteiger partial charge is 0.306 e. The van der Waals surface area contributed by atoms with Crippen LogP contribution in [0, 0.1) is 5.92 Å². The van der Waals surface area contributed by atoms with E-state index in [-0.39, 0.29) is 0 Å². The minimum Gasteiger partial charge on any atom is -0.306 e. The Morgan fingerprint density at radius 3 is 2.93 bits per heavy atom. The van der Waals surface area contributed by atoms with E-state index >= 15 is 0 Å². The molecule has 1 unspecified atom stereocenters. The number of rotatable bonds is 3. The maximum Gasteiger partial charge on any atom is 0.221 e. The minimum absolute atomic E-state index is 0.608. The highest BCUT2D eigenvalue weighted by Crippen LogP contribution is 2.26. The van der Waals surface area contributed by atoms with Crippen LogP contribution >= 0.6 is 0 Å². The van der Waals surface area contributed by atoms with Crippen molar-refractivity contribution in [2.24, 2.45) is 5.92 Å². The van der Waals surface area contributed by atoms with Crippen LogP contribution < -0.4 is 0 Å². The zero-order valence-electron chi connectivity index (χ0n) is 8.35. The lowest BCUT2D eigenvalue weighted by Crippen LogP contribution is -2.10. The molecule has 1 atom stereocenters. The van der Waals surface area contributed by atoms with Gasteiger partial charge in [0.2, 0.25) is 5.16 Å². The fourth-order valence-corrected chi connectivity index (χ4v) is 2.68. The number of aromatic nitrogens is 3. The topological polar surface area (TPSA) is 47.8 Å². The Labute approximate surface area is 86.2 Å². The molecule has 78 valence electrons. The monoisotopic (exact) mass is 213 g/mol. The van der Waals surface area contributed by atoms with Gasteiger partial charge in [0.05, 0.1) is 10.8 Å². The third-order valence-electron chi connectivity index (χ3n) is 2.77. The highest BCUT2D eigenvalue weighted by atomic mass is 32.2. The van der Waals surface area contributed by atoms with Gasteiger partial charge in [-0.2, -0.15) is 0 Å². The zero-order valence-corrected chi connectivity index (χ0v) is 9.16. The van der Waals surface area contributed by atoms with Crippen molar-refractivity contribution >= 4 is 10.8 Å². The van der Waals surface area contributed by atoms with E-state index in [4.69, 9.17) is 0 Å². The first-order valence-electron chi connectivity index (χ1n) is 4.98. The molecule has 5 heteroatoms. The van der Waals surface area contributed by atoms with Crippen LogP contribution in [0.4, 0.5) is 0 Å². The molecule has 0 saturated heterocycles. The van der Waals surface area contributed by atoms with Gasteiger partial charge in [-0.1, -0.05) is 12.8 Å². The summed E-state index contributed by atoms with van der Waals surface area (Å²) in [6, 6.07) is 0. The van der Waals surface area contributed by atoms with Crippen LogP contribution in [0.3, 0.4) is 0 Å². The van der Waals surface area contributed by atoms with Gasteiger partial charge in [-0.05, 0) is 18.8 Å². The van der Waals surface area contributed by atoms with Gasteiger partial charge < -0.3 is 4.57 Å². The zero-order chi connectivity index (χ0) is 9.97. The summed E-state index contributed by atoms with van der Waals surface area (Å²) in [5.41, 5.74) is 0. The normalized spacial score (nSPS) is 20.1. The standard InChI is InChI=1S/C9H15N3OS/c1-14(13)9-11-10-7-12(9)6-8-4-2-3-5-8/h7-8H,2-6H2,1H3. The summed E-state index contributed by atoms with van der Waals surface area (Å²) in [7, 11) is -1.02. The molecule has 2 rings (SSSR count). The fraction of sp³-hybridized carbons (Fsp3) is 0.778. The average molecular weight is 213 g/mol. The molecule has 1 saturated carbocycles. The second kappa shape index (κ2) is 4.21. The third-order valence-corrected chi connectivity index (χ3v) is 3.60. The van der Waals surface area contributed by atoms with Crippen LogP contribution in [0.25, 0.3) is 0 Å². The summed E-state index contributed by atoms with van der Waals surface area (Å²) in [5.74, 6) is 0.730. The number of hydrogen-bond donors (Lipinski definition) is 0. The Morgan fingerprint density at radius 2 is 2.29 bits per heavy atom. The van der Waals surface area contributed by atoms with Crippen molar-refractivity contribution in [2.75, 3.05) is 6.26 Å². The molecular formula is C9H15N3OS.